The summed E-state index contributed by atoms with van der Waals surface area (Å²) in [7, 11) is -3.44. The van der Waals surface area contributed by atoms with E-state index in [9.17, 15) is 13.2 Å². The molecule has 29 heavy (non-hydrogen) atoms. The predicted molar refractivity (Wildman–Crippen MR) is 117 cm³/mol. The van der Waals surface area contributed by atoms with Gasteiger partial charge in [-0.25, -0.2) is 8.42 Å². The van der Waals surface area contributed by atoms with E-state index in [1.807, 2.05) is 61.5 Å². The summed E-state index contributed by atoms with van der Waals surface area (Å²) >= 11 is 0. The number of benzene rings is 3. The molecule has 1 atom stereocenters. The van der Waals surface area contributed by atoms with Crippen LogP contribution < -0.4 is 10.0 Å². The van der Waals surface area contributed by atoms with Crippen molar-refractivity contribution in [3.8, 4) is 0 Å². The largest absolute Gasteiger partial charge is 0.341 e. The lowest BCUT2D eigenvalue weighted by molar-refractivity contribution is 0.0942. The molecule has 150 valence electrons. The molecule has 0 unspecified atom stereocenters. The van der Waals surface area contributed by atoms with Crippen LogP contribution in [0.3, 0.4) is 0 Å². The number of amides is 1. The Morgan fingerprint density at radius 1 is 0.862 bits per heavy atom. The summed E-state index contributed by atoms with van der Waals surface area (Å²) in [6, 6.07) is 22.4. The van der Waals surface area contributed by atoms with Crippen LogP contribution in [0.1, 0.15) is 38.7 Å². The van der Waals surface area contributed by atoms with E-state index in [1.54, 1.807) is 25.1 Å². The minimum absolute atomic E-state index is 0.267. The number of sulfonamides is 1. The van der Waals surface area contributed by atoms with E-state index in [-0.39, 0.29) is 11.9 Å². The maximum atomic E-state index is 13.2. The number of anilines is 1. The zero-order valence-electron chi connectivity index (χ0n) is 16.6. The fourth-order valence-corrected chi connectivity index (χ4v) is 3.92. The van der Waals surface area contributed by atoms with Gasteiger partial charge in [0, 0.05) is 5.56 Å². The van der Waals surface area contributed by atoms with E-state index in [1.165, 1.54) is 0 Å². The first-order valence-corrected chi connectivity index (χ1v) is 11.1. The standard InChI is InChI=1S/C23H24N2O3S/c1-16-10-7-8-13-19(16)22(18-11-5-4-6-12-18)24-23(26)20-14-9-15-21(17(20)2)25-29(3,27)28/h4-15,22,25H,1-3H3,(H,24,26)/t22-/m1/s1. The van der Waals surface area contributed by atoms with Crippen LogP contribution in [0.2, 0.25) is 0 Å². The molecule has 0 bridgehead atoms. The molecule has 0 saturated carbocycles. The number of hydrogen-bond acceptors (Lipinski definition) is 3. The zero-order chi connectivity index (χ0) is 21.0. The van der Waals surface area contributed by atoms with Crippen LogP contribution in [0.4, 0.5) is 5.69 Å². The fourth-order valence-electron chi connectivity index (χ4n) is 3.30. The number of aryl methyl sites for hydroxylation is 1. The molecule has 0 heterocycles. The summed E-state index contributed by atoms with van der Waals surface area (Å²) in [5, 5.41) is 3.12. The minimum Gasteiger partial charge on any atom is -0.341 e. The zero-order valence-corrected chi connectivity index (χ0v) is 17.5. The Balaban J connectivity index is 1.98. The van der Waals surface area contributed by atoms with E-state index in [4.69, 9.17) is 0 Å². The Kier molecular flexibility index (Phi) is 6.03. The third kappa shape index (κ3) is 5.03. The second kappa shape index (κ2) is 8.49. The van der Waals surface area contributed by atoms with Crippen molar-refractivity contribution in [2.24, 2.45) is 0 Å². The fraction of sp³-hybridized carbons (Fsp3) is 0.174. The smallest absolute Gasteiger partial charge is 0.252 e. The molecule has 1 amide bonds. The molecule has 0 aliphatic rings. The summed E-state index contributed by atoms with van der Waals surface area (Å²) in [6.07, 6.45) is 1.09. The number of carbonyl (C=O) groups is 1. The Bertz CT molecular complexity index is 1130. The van der Waals surface area contributed by atoms with Crippen LogP contribution in [-0.4, -0.2) is 20.6 Å². The average molecular weight is 409 g/mol. The normalized spacial score (nSPS) is 12.2. The van der Waals surface area contributed by atoms with Crippen LogP contribution in [0.5, 0.6) is 0 Å². The molecule has 6 heteroatoms. The van der Waals surface area contributed by atoms with Crippen LogP contribution >= 0.6 is 0 Å². The van der Waals surface area contributed by atoms with Gasteiger partial charge < -0.3 is 5.32 Å². The van der Waals surface area contributed by atoms with Gasteiger partial charge in [-0.1, -0.05) is 60.7 Å². The number of carbonyl (C=O) groups excluding carboxylic acids is 1. The SMILES string of the molecule is Cc1ccccc1[C@H](NC(=O)c1cccc(NS(C)(=O)=O)c1C)c1ccccc1. The van der Waals surface area contributed by atoms with Crippen molar-refractivity contribution >= 4 is 21.6 Å². The molecular weight excluding hydrogens is 384 g/mol. The molecule has 0 fully saturated rings. The molecule has 0 aliphatic carbocycles. The highest BCUT2D eigenvalue weighted by atomic mass is 32.2. The molecule has 5 nitrogen and oxygen atoms in total. The van der Waals surface area contributed by atoms with Crippen molar-refractivity contribution in [1.82, 2.24) is 5.32 Å². The van der Waals surface area contributed by atoms with Gasteiger partial charge in [0.05, 0.1) is 18.0 Å². The van der Waals surface area contributed by atoms with Gasteiger partial charge in [-0.3, -0.25) is 9.52 Å². The predicted octanol–water partition coefficient (Wildman–Crippen LogP) is 4.19. The monoisotopic (exact) mass is 408 g/mol. The molecule has 0 radical (unpaired) electrons. The van der Waals surface area contributed by atoms with Crippen LogP contribution in [0.15, 0.2) is 72.8 Å². The molecular formula is C23H24N2O3S. The average Bonchev–Trinajstić information content (AvgIpc) is 2.68. The second-order valence-corrected chi connectivity index (χ2v) is 8.77. The molecule has 0 spiro atoms. The van der Waals surface area contributed by atoms with Crippen LogP contribution in [0.25, 0.3) is 0 Å². The van der Waals surface area contributed by atoms with Gasteiger partial charge in [-0.2, -0.15) is 0 Å². The molecule has 3 aromatic carbocycles. The summed E-state index contributed by atoms with van der Waals surface area (Å²) < 4.78 is 25.7. The summed E-state index contributed by atoms with van der Waals surface area (Å²) in [4.78, 5) is 13.2. The lowest BCUT2D eigenvalue weighted by atomic mass is 9.94. The number of hydrogen-bond donors (Lipinski definition) is 2. The third-order valence-electron chi connectivity index (χ3n) is 4.78. The topological polar surface area (TPSA) is 75.3 Å². The van der Waals surface area contributed by atoms with E-state index in [0.717, 1.165) is 22.9 Å². The number of rotatable bonds is 6. The van der Waals surface area contributed by atoms with Crippen molar-refractivity contribution in [3.05, 3.63) is 101 Å². The van der Waals surface area contributed by atoms with Crippen LogP contribution in [-0.2, 0) is 10.0 Å². The number of nitrogens with one attached hydrogen (secondary N) is 2. The van der Waals surface area contributed by atoms with Crippen LogP contribution in [0, 0.1) is 13.8 Å². The van der Waals surface area contributed by atoms with Gasteiger partial charge in [0.25, 0.3) is 5.91 Å². The third-order valence-corrected chi connectivity index (χ3v) is 5.37. The lowest BCUT2D eigenvalue weighted by Crippen LogP contribution is -2.30. The highest BCUT2D eigenvalue weighted by Crippen LogP contribution is 2.26. The Morgan fingerprint density at radius 2 is 1.52 bits per heavy atom. The molecule has 0 aromatic heterocycles. The van der Waals surface area contributed by atoms with Gasteiger partial charge in [0.1, 0.15) is 0 Å². The van der Waals surface area contributed by atoms with E-state index >= 15 is 0 Å². The first-order chi connectivity index (χ1) is 13.8. The highest BCUT2D eigenvalue weighted by molar-refractivity contribution is 7.92. The Labute approximate surface area is 171 Å². The van der Waals surface area contributed by atoms with Gasteiger partial charge >= 0.3 is 0 Å². The molecule has 3 rings (SSSR count). The van der Waals surface area contributed by atoms with Crippen molar-refractivity contribution in [2.75, 3.05) is 11.0 Å². The first-order valence-electron chi connectivity index (χ1n) is 9.25. The van der Waals surface area contributed by atoms with Crippen molar-refractivity contribution in [2.45, 2.75) is 19.9 Å². The van der Waals surface area contributed by atoms with Crippen molar-refractivity contribution in [3.63, 3.8) is 0 Å². The van der Waals surface area contributed by atoms with Gasteiger partial charge in [-0.05, 0) is 48.2 Å². The lowest BCUT2D eigenvalue weighted by Gasteiger charge is -2.22. The summed E-state index contributed by atoms with van der Waals surface area (Å²) in [6.45, 7) is 3.74. The molecule has 2 N–H and O–H groups in total. The second-order valence-electron chi connectivity index (χ2n) is 7.03. The Hall–Kier alpha value is -3.12. The maximum absolute atomic E-state index is 13.2. The first kappa shape index (κ1) is 20.6. The van der Waals surface area contributed by atoms with Gasteiger partial charge in [-0.15, -0.1) is 0 Å². The minimum atomic E-state index is -3.44. The highest BCUT2D eigenvalue weighted by Gasteiger charge is 2.21. The van der Waals surface area contributed by atoms with Crippen molar-refractivity contribution < 1.29 is 13.2 Å². The molecule has 0 saturated heterocycles. The van der Waals surface area contributed by atoms with E-state index in [0.29, 0.717) is 16.8 Å². The van der Waals surface area contributed by atoms with E-state index in [2.05, 4.69) is 10.0 Å². The maximum Gasteiger partial charge on any atom is 0.252 e. The van der Waals surface area contributed by atoms with E-state index < -0.39 is 10.0 Å². The summed E-state index contributed by atoms with van der Waals surface area (Å²) in [5.74, 6) is -0.267. The van der Waals surface area contributed by atoms with Gasteiger partial charge in [0.15, 0.2) is 0 Å². The molecule has 3 aromatic rings. The molecule has 0 aliphatic heterocycles. The van der Waals surface area contributed by atoms with Crippen molar-refractivity contribution in [1.29, 1.82) is 0 Å². The quantitative estimate of drug-likeness (QED) is 0.642. The van der Waals surface area contributed by atoms with Gasteiger partial charge in [0.2, 0.25) is 10.0 Å². The Morgan fingerprint density at radius 3 is 2.17 bits per heavy atom. The summed E-state index contributed by atoms with van der Waals surface area (Å²) in [5.41, 5.74) is 4.45.